The van der Waals surface area contributed by atoms with Crippen molar-refractivity contribution in [1.82, 2.24) is 16.0 Å². The van der Waals surface area contributed by atoms with Crippen LogP contribution in [0, 0.1) is 11.3 Å². The van der Waals surface area contributed by atoms with Gasteiger partial charge >= 0.3 is 0 Å². The Hall–Kier alpha value is -1.10. The molecule has 0 aliphatic heterocycles. The van der Waals surface area contributed by atoms with Crippen molar-refractivity contribution in [2.45, 2.75) is 77.8 Å². The molecule has 2 bridgehead atoms. The Morgan fingerprint density at radius 1 is 1.21 bits per heavy atom. The molecule has 1 amide bonds. The van der Waals surface area contributed by atoms with Gasteiger partial charge in [0.25, 0.3) is 5.91 Å². The number of hydrogen-bond donors (Lipinski definition) is 3. The Morgan fingerprint density at radius 2 is 1.97 bits per heavy atom. The van der Waals surface area contributed by atoms with Gasteiger partial charge in [0.1, 0.15) is 0 Å². The largest absolute Gasteiger partial charge is 0.351 e. The standard InChI is InChI=1S/C24H38ClN3O/c1-18(2)27-13-5-12-26-16-20-8-9-22(25)21(14-20)23(29)28-17-24-10-3-6-19(15-24)7-4-11-24/h8-9,14,18-19,26-27H,3-7,10-13,15-17H2,1-2H3,(H,28,29). The number of rotatable bonds is 10. The first-order chi connectivity index (χ1) is 14.0. The smallest absolute Gasteiger partial charge is 0.252 e. The highest BCUT2D eigenvalue weighted by Crippen LogP contribution is 2.48. The predicted molar refractivity (Wildman–Crippen MR) is 121 cm³/mol. The van der Waals surface area contributed by atoms with Gasteiger partial charge in [-0.1, -0.05) is 57.2 Å². The Bertz CT molecular complexity index is 666. The fourth-order valence-electron chi connectivity index (χ4n) is 5.13. The number of carbonyl (C=O) groups is 1. The molecule has 2 aliphatic rings. The zero-order valence-electron chi connectivity index (χ0n) is 18.2. The molecule has 5 heteroatoms. The van der Waals surface area contributed by atoms with Crippen LogP contribution in [-0.2, 0) is 6.54 Å². The van der Waals surface area contributed by atoms with Crippen molar-refractivity contribution in [3.8, 4) is 0 Å². The van der Waals surface area contributed by atoms with Gasteiger partial charge in [-0.3, -0.25) is 4.79 Å². The van der Waals surface area contributed by atoms with Gasteiger partial charge in [-0.15, -0.1) is 0 Å². The Balaban J connectivity index is 1.49. The van der Waals surface area contributed by atoms with Crippen molar-refractivity contribution >= 4 is 17.5 Å². The maximum absolute atomic E-state index is 12.9. The van der Waals surface area contributed by atoms with Gasteiger partial charge in [-0.05, 0) is 67.8 Å². The average molecular weight is 420 g/mol. The van der Waals surface area contributed by atoms with E-state index < -0.39 is 0 Å². The lowest BCUT2D eigenvalue weighted by Crippen LogP contribution is -2.43. The van der Waals surface area contributed by atoms with Crippen LogP contribution in [0.2, 0.25) is 5.02 Å². The zero-order chi connectivity index (χ0) is 20.7. The molecule has 29 heavy (non-hydrogen) atoms. The summed E-state index contributed by atoms with van der Waals surface area (Å²) in [6.45, 7) is 7.84. The van der Waals surface area contributed by atoms with E-state index in [9.17, 15) is 4.79 Å². The molecule has 3 rings (SSSR count). The number of nitrogens with one attached hydrogen (secondary N) is 3. The quantitative estimate of drug-likeness (QED) is 0.472. The van der Waals surface area contributed by atoms with E-state index in [2.05, 4.69) is 29.8 Å². The van der Waals surface area contributed by atoms with Crippen molar-refractivity contribution in [3.05, 3.63) is 34.3 Å². The van der Waals surface area contributed by atoms with Crippen molar-refractivity contribution in [3.63, 3.8) is 0 Å². The minimum Gasteiger partial charge on any atom is -0.351 e. The summed E-state index contributed by atoms with van der Waals surface area (Å²) in [5, 5.41) is 10.6. The van der Waals surface area contributed by atoms with E-state index in [0.29, 0.717) is 22.0 Å². The molecule has 0 saturated heterocycles. The molecule has 0 radical (unpaired) electrons. The van der Waals surface area contributed by atoms with Crippen molar-refractivity contribution in [2.75, 3.05) is 19.6 Å². The maximum atomic E-state index is 12.9. The van der Waals surface area contributed by atoms with Crippen LogP contribution in [0.3, 0.4) is 0 Å². The lowest BCUT2D eigenvalue weighted by molar-refractivity contribution is 0.0681. The van der Waals surface area contributed by atoms with Crippen LogP contribution in [-0.4, -0.2) is 31.6 Å². The Morgan fingerprint density at radius 3 is 2.69 bits per heavy atom. The van der Waals surface area contributed by atoms with Crippen LogP contribution in [0.25, 0.3) is 0 Å². The second-order valence-corrected chi connectivity index (χ2v) is 9.90. The van der Waals surface area contributed by atoms with Crippen molar-refractivity contribution < 1.29 is 4.79 Å². The van der Waals surface area contributed by atoms with E-state index >= 15 is 0 Å². The van der Waals surface area contributed by atoms with Crippen molar-refractivity contribution in [1.29, 1.82) is 0 Å². The number of amides is 1. The molecule has 0 heterocycles. The Labute approximate surface area is 181 Å². The summed E-state index contributed by atoms with van der Waals surface area (Å²) in [6, 6.07) is 6.33. The van der Waals surface area contributed by atoms with Crippen molar-refractivity contribution in [2.24, 2.45) is 11.3 Å². The van der Waals surface area contributed by atoms with Gasteiger partial charge < -0.3 is 16.0 Å². The van der Waals surface area contributed by atoms with Gasteiger partial charge in [0, 0.05) is 19.1 Å². The summed E-state index contributed by atoms with van der Waals surface area (Å²) >= 11 is 6.36. The fourth-order valence-corrected chi connectivity index (χ4v) is 5.33. The zero-order valence-corrected chi connectivity index (χ0v) is 18.9. The van der Waals surface area contributed by atoms with Gasteiger partial charge in [-0.2, -0.15) is 0 Å². The molecule has 1 aromatic carbocycles. The van der Waals surface area contributed by atoms with Crippen LogP contribution in [0.4, 0.5) is 0 Å². The summed E-state index contributed by atoms with van der Waals surface area (Å²) < 4.78 is 0. The predicted octanol–water partition coefficient (Wildman–Crippen LogP) is 4.91. The van der Waals surface area contributed by atoms with Crippen LogP contribution in [0.1, 0.15) is 81.1 Å². The van der Waals surface area contributed by atoms with Crippen LogP contribution in [0.5, 0.6) is 0 Å². The minimum atomic E-state index is -0.0277. The third-order valence-electron chi connectivity index (χ3n) is 6.67. The second-order valence-electron chi connectivity index (χ2n) is 9.49. The summed E-state index contributed by atoms with van der Waals surface area (Å²) in [7, 11) is 0. The van der Waals surface area contributed by atoms with Gasteiger partial charge in [-0.25, -0.2) is 0 Å². The van der Waals surface area contributed by atoms with Crippen LogP contribution < -0.4 is 16.0 Å². The van der Waals surface area contributed by atoms with E-state index in [-0.39, 0.29) is 5.91 Å². The van der Waals surface area contributed by atoms with Gasteiger partial charge in [0.2, 0.25) is 0 Å². The lowest BCUT2D eigenvalue weighted by atomic mass is 9.62. The number of fused-ring (bicyclic) bond motifs is 2. The number of halogens is 1. The molecule has 0 atom stereocenters. The van der Waals surface area contributed by atoms with E-state index in [1.807, 2.05) is 18.2 Å². The molecule has 4 nitrogen and oxygen atoms in total. The van der Waals surface area contributed by atoms with Crippen LogP contribution >= 0.6 is 11.6 Å². The summed E-state index contributed by atoms with van der Waals surface area (Å²) in [4.78, 5) is 12.9. The Kier molecular flexibility index (Phi) is 8.40. The van der Waals surface area contributed by atoms with E-state index in [0.717, 1.165) is 44.1 Å². The van der Waals surface area contributed by atoms with E-state index in [1.165, 1.54) is 44.9 Å². The highest BCUT2D eigenvalue weighted by molar-refractivity contribution is 6.33. The van der Waals surface area contributed by atoms with Crippen LogP contribution in [0.15, 0.2) is 18.2 Å². The summed E-state index contributed by atoms with van der Waals surface area (Å²) in [5.74, 6) is 0.850. The average Bonchev–Trinajstić information content (AvgIpc) is 2.70. The SMILES string of the molecule is CC(C)NCCCNCc1ccc(Cl)c(C(=O)NCC23CCCC(CCC2)C3)c1. The molecule has 0 unspecified atom stereocenters. The van der Waals surface area contributed by atoms with E-state index in [1.54, 1.807) is 0 Å². The number of benzene rings is 1. The van der Waals surface area contributed by atoms with E-state index in [4.69, 9.17) is 11.6 Å². The normalized spacial score (nSPS) is 23.9. The lowest BCUT2D eigenvalue weighted by Gasteiger charge is -2.45. The molecule has 2 fully saturated rings. The summed E-state index contributed by atoms with van der Waals surface area (Å²) in [6.07, 6.45) is 10.3. The van der Waals surface area contributed by atoms with Gasteiger partial charge in [0.05, 0.1) is 10.6 Å². The topological polar surface area (TPSA) is 53.2 Å². The molecule has 0 spiro atoms. The molecule has 3 N–H and O–H groups in total. The fraction of sp³-hybridized carbons (Fsp3) is 0.708. The third kappa shape index (κ3) is 6.70. The first kappa shape index (κ1) is 22.6. The molecular formula is C24H38ClN3O. The molecule has 162 valence electrons. The highest BCUT2D eigenvalue weighted by Gasteiger charge is 2.39. The molecule has 2 aliphatic carbocycles. The molecule has 2 saturated carbocycles. The molecular weight excluding hydrogens is 382 g/mol. The summed E-state index contributed by atoms with van der Waals surface area (Å²) in [5.41, 5.74) is 2.03. The molecule has 1 aromatic rings. The first-order valence-corrected chi connectivity index (χ1v) is 11.9. The number of hydrogen-bond acceptors (Lipinski definition) is 3. The molecule has 0 aromatic heterocycles. The minimum absolute atomic E-state index is 0.0277. The maximum Gasteiger partial charge on any atom is 0.252 e. The first-order valence-electron chi connectivity index (χ1n) is 11.5. The number of carbonyl (C=O) groups excluding carboxylic acids is 1. The highest BCUT2D eigenvalue weighted by atomic mass is 35.5. The monoisotopic (exact) mass is 419 g/mol. The third-order valence-corrected chi connectivity index (χ3v) is 7.00. The van der Waals surface area contributed by atoms with Gasteiger partial charge in [0.15, 0.2) is 0 Å². The second kappa shape index (κ2) is 10.8.